The summed E-state index contributed by atoms with van der Waals surface area (Å²) in [5.74, 6) is 0.0479. The average molecular weight is 288 g/mol. The van der Waals surface area contributed by atoms with E-state index in [1.807, 2.05) is 47.5 Å². The molecule has 0 spiro atoms. The third-order valence-electron chi connectivity index (χ3n) is 3.33. The van der Waals surface area contributed by atoms with E-state index >= 15 is 0 Å². The zero-order valence-corrected chi connectivity index (χ0v) is 12.1. The van der Waals surface area contributed by atoms with Crippen LogP contribution in [0.2, 0.25) is 0 Å². The predicted octanol–water partition coefficient (Wildman–Crippen LogP) is 2.67. The van der Waals surface area contributed by atoms with Crippen molar-refractivity contribution in [3.05, 3.63) is 52.0 Å². The average Bonchev–Trinajstić information content (AvgIpc) is 2.94. The highest BCUT2D eigenvalue weighted by Gasteiger charge is 2.31. The molecule has 0 N–H and O–H groups in total. The minimum atomic E-state index is -0.0739. The first-order valence-corrected chi connectivity index (χ1v) is 7.49. The van der Waals surface area contributed by atoms with Gasteiger partial charge < -0.3 is 9.64 Å². The van der Waals surface area contributed by atoms with Crippen molar-refractivity contribution < 1.29 is 9.53 Å². The second kappa shape index (κ2) is 5.73. The molecule has 1 saturated heterocycles. The molecule has 0 saturated carbocycles. The van der Waals surface area contributed by atoms with Crippen LogP contribution < -0.4 is 0 Å². The Morgan fingerprint density at radius 2 is 2.20 bits per heavy atom. The molecular weight excluding hydrogens is 272 g/mol. The molecule has 1 aliphatic rings. The minimum Gasteiger partial charge on any atom is -0.377 e. The molecule has 1 aromatic carbocycles. The molecule has 0 aliphatic carbocycles. The van der Waals surface area contributed by atoms with Gasteiger partial charge in [0.15, 0.2) is 0 Å². The number of nitrogens with zero attached hydrogens (tertiary/aromatic N) is 2. The third-order valence-corrected chi connectivity index (χ3v) is 4.40. The van der Waals surface area contributed by atoms with E-state index in [1.165, 1.54) is 0 Å². The standard InChI is InChI=1S/C15H16N2O2S/c1-11-10-20-14(16-11)13-9-19-8-7-17(13)15(18)12-5-3-2-4-6-12/h2-6,10,13H,7-9H2,1H3/t13-/m0/s1. The van der Waals surface area contributed by atoms with Crippen LogP contribution in [0.15, 0.2) is 35.7 Å². The van der Waals surface area contributed by atoms with Gasteiger partial charge in [-0.05, 0) is 19.1 Å². The molecule has 5 heteroatoms. The molecule has 104 valence electrons. The summed E-state index contributed by atoms with van der Waals surface area (Å²) in [6.07, 6.45) is 0. The van der Waals surface area contributed by atoms with Crippen LogP contribution in [0.3, 0.4) is 0 Å². The molecule has 1 amide bonds. The molecule has 0 bridgehead atoms. The van der Waals surface area contributed by atoms with Crippen molar-refractivity contribution in [2.45, 2.75) is 13.0 Å². The first-order chi connectivity index (χ1) is 9.75. The number of benzene rings is 1. The van der Waals surface area contributed by atoms with Crippen LogP contribution in [0.5, 0.6) is 0 Å². The molecule has 2 aromatic rings. The van der Waals surface area contributed by atoms with E-state index in [2.05, 4.69) is 4.98 Å². The first-order valence-electron chi connectivity index (χ1n) is 6.61. The lowest BCUT2D eigenvalue weighted by Crippen LogP contribution is -2.43. The predicted molar refractivity (Wildman–Crippen MR) is 77.9 cm³/mol. The normalized spacial score (nSPS) is 19.1. The SMILES string of the molecule is Cc1csc([C@@H]2COCCN2C(=O)c2ccccc2)n1. The van der Waals surface area contributed by atoms with E-state index in [9.17, 15) is 4.79 Å². The fourth-order valence-electron chi connectivity index (χ4n) is 2.32. The number of carbonyl (C=O) groups is 1. The van der Waals surface area contributed by atoms with Crippen LogP contribution in [0.25, 0.3) is 0 Å². The second-order valence-corrected chi connectivity index (χ2v) is 5.67. The Balaban J connectivity index is 1.87. The summed E-state index contributed by atoms with van der Waals surface area (Å²) in [5.41, 5.74) is 1.70. The van der Waals surface area contributed by atoms with Crippen molar-refractivity contribution >= 4 is 17.2 Å². The van der Waals surface area contributed by atoms with E-state index in [1.54, 1.807) is 11.3 Å². The van der Waals surface area contributed by atoms with Crippen molar-refractivity contribution in [3.8, 4) is 0 Å². The number of thiazole rings is 1. The number of morpholine rings is 1. The zero-order valence-electron chi connectivity index (χ0n) is 11.3. The Bertz CT molecular complexity index is 597. The number of hydrogen-bond donors (Lipinski definition) is 0. The zero-order chi connectivity index (χ0) is 13.9. The second-order valence-electron chi connectivity index (χ2n) is 4.78. The molecule has 4 nitrogen and oxygen atoms in total. The molecule has 1 aromatic heterocycles. The smallest absolute Gasteiger partial charge is 0.254 e. The molecule has 0 unspecified atom stereocenters. The number of amides is 1. The summed E-state index contributed by atoms with van der Waals surface area (Å²) >= 11 is 1.59. The van der Waals surface area contributed by atoms with Crippen molar-refractivity contribution in [2.75, 3.05) is 19.8 Å². The summed E-state index contributed by atoms with van der Waals surface area (Å²) in [6, 6.07) is 9.31. The van der Waals surface area contributed by atoms with E-state index in [4.69, 9.17) is 4.74 Å². The Labute approximate surface area is 122 Å². The molecule has 3 rings (SSSR count). The lowest BCUT2D eigenvalue weighted by Gasteiger charge is -2.34. The number of hydrogen-bond acceptors (Lipinski definition) is 4. The fourth-order valence-corrected chi connectivity index (χ4v) is 3.22. The summed E-state index contributed by atoms with van der Waals surface area (Å²) < 4.78 is 5.53. The van der Waals surface area contributed by atoms with E-state index < -0.39 is 0 Å². The number of aryl methyl sites for hydroxylation is 1. The minimum absolute atomic E-state index is 0.0479. The maximum absolute atomic E-state index is 12.6. The highest BCUT2D eigenvalue weighted by Crippen LogP contribution is 2.28. The van der Waals surface area contributed by atoms with E-state index in [0.29, 0.717) is 25.3 Å². The summed E-state index contributed by atoms with van der Waals surface area (Å²) in [7, 11) is 0. The Morgan fingerprint density at radius 3 is 2.90 bits per heavy atom. The van der Waals surface area contributed by atoms with Gasteiger partial charge in [-0.25, -0.2) is 4.98 Å². The maximum atomic E-state index is 12.6. The Kier molecular flexibility index (Phi) is 3.80. The van der Waals surface area contributed by atoms with Gasteiger partial charge in [0.25, 0.3) is 5.91 Å². The topological polar surface area (TPSA) is 42.4 Å². The van der Waals surface area contributed by atoms with Crippen molar-refractivity contribution in [1.82, 2.24) is 9.88 Å². The van der Waals surface area contributed by atoms with Gasteiger partial charge in [-0.1, -0.05) is 18.2 Å². The number of aromatic nitrogens is 1. The van der Waals surface area contributed by atoms with Crippen LogP contribution in [0.1, 0.15) is 27.1 Å². The Morgan fingerprint density at radius 1 is 1.40 bits per heavy atom. The molecule has 20 heavy (non-hydrogen) atoms. The van der Waals surface area contributed by atoms with Gasteiger partial charge in [0.2, 0.25) is 0 Å². The number of carbonyl (C=O) groups excluding carboxylic acids is 1. The van der Waals surface area contributed by atoms with Gasteiger partial charge in [0.05, 0.1) is 13.2 Å². The molecule has 1 aliphatic heterocycles. The lowest BCUT2D eigenvalue weighted by atomic mass is 10.1. The monoisotopic (exact) mass is 288 g/mol. The van der Waals surface area contributed by atoms with Gasteiger partial charge in [0.1, 0.15) is 11.0 Å². The third kappa shape index (κ3) is 2.59. The lowest BCUT2D eigenvalue weighted by molar-refractivity contribution is -0.00277. The van der Waals surface area contributed by atoms with Crippen LogP contribution in [-0.2, 0) is 4.74 Å². The van der Waals surface area contributed by atoms with Crippen LogP contribution >= 0.6 is 11.3 Å². The van der Waals surface area contributed by atoms with Gasteiger partial charge >= 0.3 is 0 Å². The quantitative estimate of drug-likeness (QED) is 0.853. The van der Waals surface area contributed by atoms with Crippen molar-refractivity contribution in [1.29, 1.82) is 0 Å². The highest BCUT2D eigenvalue weighted by atomic mass is 32.1. The van der Waals surface area contributed by atoms with Crippen LogP contribution in [-0.4, -0.2) is 35.5 Å². The summed E-state index contributed by atoms with van der Waals surface area (Å²) in [5, 5.41) is 2.96. The van der Waals surface area contributed by atoms with Gasteiger partial charge in [-0.3, -0.25) is 4.79 Å². The molecule has 1 fully saturated rings. The van der Waals surface area contributed by atoms with Crippen molar-refractivity contribution in [2.24, 2.45) is 0 Å². The highest BCUT2D eigenvalue weighted by molar-refractivity contribution is 7.09. The van der Waals surface area contributed by atoms with Gasteiger partial charge in [0, 0.05) is 23.2 Å². The molecular formula is C15H16N2O2S. The summed E-state index contributed by atoms with van der Waals surface area (Å²) in [4.78, 5) is 19.0. The van der Waals surface area contributed by atoms with Crippen molar-refractivity contribution in [3.63, 3.8) is 0 Å². The number of rotatable bonds is 2. The van der Waals surface area contributed by atoms with Crippen LogP contribution in [0, 0.1) is 6.92 Å². The van der Waals surface area contributed by atoms with Crippen LogP contribution in [0.4, 0.5) is 0 Å². The molecule has 1 atom stereocenters. The van der Waals surface area contributed by atoms with Gasteiger partial charge in [-0.2, -0.15) is 0 Å². The Hall–Kier alpha value is -1.72. The van der Waals surface area contributed by atoms with Gasteiger partial charge in [-0.15, -0.1) is 11.3 Å². The fraction of sp³-hybridized carbons (Fsp3) is 0.333. The first kappa shape index (κ1) is 13.3. The summed E-state index contributed by atoms with van der Waals surface area (Å²) in [6.45, 7) is 3.68. The van der Waals surface area contributed by atoms with E-state index in [-0.39, 0.29) is 11.9 Å². The van der Waals surface area contributed by atoms with E-state index in [0.717, 1.165) is 10.7 Å². The molecule has 0 radical (unpaired) electrons. The largest absolute Gasteiger partial charge is 0.377 e. The molecule has 2 heterocycles. The maximum Gasteiger partial charge on any atom is 0.254 e. The number of ether oxygens (including phenoxy) is 1.